The normalized spacial score (nSPS) is 15.9. The number of carbonyl (C=O) groups is 1. The first-order chi connectivity index (χ1) is 11.2. The van der Waals surface area contributed by atoms with Gasteiger partial charge < -0.3 is 5.32 Å². The topological polar surface area (TPSA) is 54.9 Å². The van der Waals surface area contributed by atoms with Crippen LogP contribution >= 0.6 is 0 Å². The van der Waals surface area contributed by atoms with Crippen LogP contribution in [0.4, 0.5) is 0 Å². The zero-order valence-electron chi connectivity index (χ0n) is 13.6. The summed E-state index contributed by atoms with van der Waals surface area (Å²) in [6.45, 7) is 1.87. The third-order valence-electron chi connectivity index (χ3n) is 4.45. The van der Waals surface area contributed by atoms with Crippen LogP contribution in [0.5, 0.6) is 0 Å². The van der Waals surface area contributed by atoms with Gasteiger partial charge in [0.15, 0.2) is 5.82 Å². The Balaban J connectivity index is 1.73. The molecule has 23 heavy (non-hydrogen) atoms. The van der Waals surface area contributed by atoms with Crippen molar-refractivity contribution in [1.82, 2.24) is 15.3 Å². The van der Waals surface area contributed by atoms with E-state index < -0.39 is 0 Å². The molecule has 1 aromatic heterocycles. The lowest BCUT2D eigenvalue weighted by atomic mass is 10.1. The molecule has 1 amide bonds. The van der Waals surface area contributed by atoms with Gasteiger partial charge in [-0.3, -0.25) is 4.79 Å². The van der Waals surface area contributed by atoms with Crippen molar-refractivity contribution in [2.45, 2.75) is 51.5 Å². The zero-order valence-corrected chi connectivity index (χ0v) is 13.6. The maximum absolute atomic E-state index is 12.5. The van der Waals surface area contributed by atoms with E-state index >= 15 is 0 Å². The number of carbonyl (C=O) groups excluding carboxylic acids is 1. The van der Waals surface area contributed by atoms with Gasteiger partial charge in [-0.05, 0) is 19.8 Å². The van der Waals surface area contributed by atoms with Gasteiger partial charge in [0.1, 0.15) is 0 Å². The Morgan fingerprint density at radius 3 is 2.43 bits per heavy atom. The summed E-state index contributed by atoms with van der Waals surface area (Å²) in [6, 6.07) is 10.1. The first-order valence-electron chi connectivity index (χ1n) is 8.44. The summed E-state index contributed by atoms with van der Waals surface area (Å²) in [6.07, 6.45) is 8.76. The second kappa shape index (κ2) is 7.36. The highest BCUT2D eigenvalue weighted by Gasteiger charge is 2.18. The van der Waals surface area contributed by atoms with Gasteiger partial charge in [-0.15, -0.1) is 0 Å². The molecular formula is C19H23N3O. The third-order valence-corrected chi connectivity index (χ3v) is 4.45. The van der Waals surface area contributed by atoms with Crippen molar-refractivity contribution < 1.29 is 4.79 Å². The SMILES string of the molecule is Cc1nc(-c2ccccc2)ncc1C(=O)NC1CCCCCC1. The van der Waals surface area contributed by atoms with Gasteiger partial charge in [0.05, 0.1) is 11.3 Å². The highest BCUT2D eigenvalue weighted by Crippen LogP contribution is 2.19. The van der Waals surface area contributed by atoms with Crippen LogP contribution in [-0.4, -0.2) is 21.9 Å². The second-order valence-electron chi connectivity index (χ2n) is 6.22. The van der Waals surface area contributed by atoms with E-state index in [-0.39, 0.29) is 11.9 Å². The van der Waals surface area contributed by atoms with Gasteiger partial charge in [0.25, 0.3) is 5.91 Å². The Bertz CT molecular complexity index is 662. The quantitative estimate of drug-likeness (QED) is 0.875. The fraction of sp³-hybridized carbons (Fsp3) is 0.421. The van der Waals surface area contributed by atoms with Crippen molar-refractivity contribution in [2.24, 2.45) is 0 Å². The second-order valence-corrected chi connectivity index (χ2v) is 6.22. The minimum atomic E-state index is -0.0472. The molecule has 0 radical (unpaired) electrons. The number of amides is 1. The Labute approximate surface area is 137 Å². The molecule has 1 N–H and O–H groups in total. The van der Waals surface area contributed by atoms with Crippen LogP contribution in [-0.2, 0) is 0 Å². The van der Waals surface area contributed by atoms with E-state index in [9.17, 15) is 4.79 Å². The summed E-state index contributed by atoms with van der Waals surface area (Å²) < 4.78 is 0. The number of hydrogen-bond acceptors (Lipinski definition) is 3. The van der Waals surface area contributed by atoms with Gasteiger partial charge in [0.2, 0.25) is 0 Å². The summed E-state index contributed by atoms with van der Waals surface area (Å²) in [5, 5.41) is 3.16. The van der Waals surface area contributed by atoms with E-state index in [1.54, 1.807) is 6.20 Å². The molecule has 0 bridgehead atoms. The zero-order chi connectivity index (χ0) is 16.1. The summed E-state index contributed by atoms with van der Waals surface area (Å²) in [7, 11) is 0. The Hall–Kier alpha value is -2.23. The van der Waals surface area contributed by atoms with Crippen LogP contribution in [0.1, 0.15) is 54.6 Å². The molecule has 1 fully saturated rings. The smallest absolute Gasteiger partial charge is 0.254 e. The van der Waals surface area contributed by atoms with Crippen molar-refractivity contribution >= 4 is 5.91 Å². The molecule has 120 valence electrons. The molecule has 1 saturated carbocycles. The van der Waals surface area contributed by atoms with Crippen molar-refractivity contribution in [2.75, 3.05) is 0 Å². The number of hydrogen-bond donors (Lipinski definition) is 1. The number of nitrogens with zero attached hydrogens (tertiary/aromatic N) is 2. The number of aromatic nitrogens is 2. The number of nitrogens with one attached hydrogen (secondary N) is 1. The Morgan fingerprint density at radius 2 is 1.78 bits per heavy atom. The maximum atomic E-state index is 12.5. The molecular weight excluding hydrogens is 286 g/mol. The molecule has 4 heteroatoms. The van der Waals surface area contributed by atoms with Crippen molar-refractivity contribution in [3.05, 3.63) is 47.8 Å². The van der Waals surface area contributed by atoms with E-state index in [0.29, 0.717) is 11.4 Å². The van der Waals surface area contributed by atoms with Gasteiger partial charge >= 0.3 is 0 Å². The number of benzene rings is 1. The number of rotatable bonds is 3. The molecule has 2 aromatic rings. The van der Waals surface area contributed by atoms with Crippen molar-refractivity contribution in [1.29, 1.82) is 0 Å². The van der Waals surface area contributed by atoms with Crippen LogP contribution in [0.2, 0.25) is 0 Å². The molecule has 0 unspecified atom stereocenters. The third kappa shape index (κ3) is 3.95. The molecule has 0 atom stereocenters. The largest absolute Gasteiger partial charge is 0.349 e. The van der Waals surface area contributed by atoms with Gasteiger partial charge in [-0.1, -0.05) is 56.0 Å². The standard InChI is InChI=1S/C19H23N3O/c1-14-17(19(23)22-16-11-7-2-3-8-12-16)13-20-18(21-14)15-9-5-4-6-10-15/h4-6,9-10,13,16H,2-3,7-8,11-12H2,1H3,(H,22,23). The van der Waals surface area contributed by atoms with E-state index in [1.165, 1.54) is 25.7 Å². The van der Waals surface area contributed by atoms with E-state index in [1.807, 2.05) is 37.3 Å². The first-order valence-corrected chi connectivity index (χ1v) is 8.44. The molecule has 4 nitrogen and oxygen atoms in total. The summed E-state index contributed by atoms with van der Waals surface area (Å²) in [4.78, 5) is 21.4. The molecule has 1 aliphatic carbocycles. The van der Waals surface area contributed by atoms with Gasteiger partial charge in [0, 0.05) is 17.8 Å². The van der Waals surface area contributed by atoms with E-state index in [0.717, 1.165) is 24.1 Å². The van der Waals surface area contributed by atoms with E-state index in [2.05, 4.69) is 15.3 Å². The molecule has 0 aliphatic heterocycles. The minimum Gasteiger partial charge on any atom is -0.349 e. The molecule has 0 saturated heterocycles. The predicted octanol–water partition coefficient (Wildman–Crippen LogP) is 3.90. The lowest BCUT2D eigenvalue weighted by Crippen LogP contribution is -2.35. The van der Waals surface area contributed by atoms with Gasteiger partial charge in [-0.2, -0.15) is 0 Å². The van der Waals surface area contributed by atoms with Crippen LogP contribution in [0, 0.1) is 6.92 Å². The Kier molecular flexibility index (Phi) is 5.01. The molecule has 3 rings (SSSR count). The van der Waals surface area contributed by atoms with Crippen LogP contribution < -0.4 is 5.32 Å². The molecule has 1 aliphatic rings. The van der Waals surface area contributed by atoms with Crippen LogP contribution in [0.3, 0.4) is 0 Å². The molecule has 0 spiro atoms. The summed E-state index contributed by atoms with van der Waals surface area (Å²) >= 11 is 0. The minimum absolute atomic E-state index is 0.0472. The molecule has 1 heterocycles. The van der Waals surface area contributed by atoms with Crippen LogP contribution in [0.25, 0.3) is 11.4 Å². The first kappa shape index (κ1) is 15.7. The Morgan fingerprint density at radius 1 is 1.09 bits per heavy atom. The van der Waals surface area contributed by atoms with Gasteiger partial charge in [-0.25, -0.2) is 9.97 Å². The highest BCUT2D eigenvalue weighted by molar-refractivity contribution is 5.95. The summed E-state index contributed by atoms with van der Waals surface area (Å²) in [5.41, 5.74) is 2.27. The summed E-state index contributed by atoms with van der Waals surface area (Å²) in [5.74, 6) is 0.614. The predicted molar refractivity (Wildman–Crippen MR) is 91.2 cm³/mol. The maximum Gasteiger partial charge on any atom is 0.254 e. The average molecular weight is 309 g/mol. The van der Waals surface area contributed by atoms with Crippen molar-refractivity contribution in [3.8, 4) is 11.4 Å². The fourth-order valence-corrected chi connectivity index (χ4v) is 3.10. The molecule has 1 aromatic carbocycles. The average Bonchev–Trinajstić information content (AvgIpc) is 2.84. The van der Waals surface area contributed by atoms with Crippen LogP contribution in [0.15, 0.2) is 36.5 Å². The van der Waals surface area contributed by atoms with Crippen molar-refractivity contribution in [3.63, 3.8) is 0 Å². The lowest BCUT2D eigenvalue weighted by Gasteiger charge is -2.16. The highest BCUT2D eigenvalue weighted by atomic mass is 16.1. The number of aryl methyl sites for hydroxylation is 1. The van der Waals surface area contributed by atoms with E-state index in [4.69, 9.17) is 0 Å². The monoisotopic (exact) mass is 309 g/mol. The lowest BCUT2D eigenvalue weighted by molar-refractivity contribution is 0.0932. The fourth-order valence-electron chi connectivity index (χ4n) is 3.10.